The molecule has 0 aliphatic heterocycles. The van der Waals surface area contributed by atoms with Crippen LogP contribution >= 0.6 is 23.1 Å². The predicted molar refractivity (Wildman–Crippen MR) is 78.3 cm³/mol. The fourth-order valence-corrected chi connectivity index (χ4v) is 2.97. The van der Waals surface area contributed by atoms with Crippen molar-refractivity contribution in [3.05, 3.63) is 29.0 Å². The largest absolute Gasteiger partial charge is 0.445 e. The predicted octanol–water partition coefficient (Wildman–Crippen LogP) is 3.34. The van der Waals surface area contributed by atoms with Gasteiger partial charge in [-0.25, -0.2) is 4.98 Å². The lowest BCUT2D eigenvalue weighted by Crippen LogP contribution is -2.27. The van der Waals surface area contributed by atoms with Crippen molar-refractivity contribution in [2.24, 2.45) is 0 Å². The first-order chi connectivity index (χ1) is 10.3. The van der Waals surface area contributed by atoms with E-state index < -0.39 is 17.1 Å². The first-order valence-electron chi connectivity index (χ1n) is 6.11. The molecule has 118 valence electrons. The molecule has 10 heteroatoms. The van der Waals surface area contributed by atoms with Gasteiger partial charge in [0.05, 0.1) is 0 Å². The molecule has 0 N–H and O–H groups in total. The molecule has 0 unspecified atom stereocenters. The lowest BCUT2D eigenvalue weighted by Gasteiger charge is -2.14. The minimum Gasteiger partial charge on any atom is -0.284 e. The highest BCUT2D eigenvalue weighted by Gasteiger charge is 2.36. The second-order valence-corrected chi connectivity index (χ2v) is 6.30. The van der Waals surface area contributed by atoms with Crippen LogP contribution in [0, 0.1) is 0 Å². The summed E-state index contributed by atoms with van der Waals surface area (Å²) in [5.41, 5.74) is 0.181. The molecule has 2 aromatic heterocycles. The molecule has 0 aromatic carbocycles. The van der Waals surface area contributed by atoms with Gasteiger partial charge in [0.2, 0.25) is 10.1 Å². The summed E-state index contributed by atoms with van der Waals surface area (Å²) in [6.45, 7) is 1.93. The summed E-state index contributed by atoms with van der Waals surface area (Å²) in [4.78, 5) is 18.1. The van der Waals surface area contributed by atoms with Gasteiger partial charge in [-0.1, -0.05) is 18.3 Å². The number of carbonyl (C=O) groups excluding carboxylic acids is 1. The zero-order chi connectivity index (χ0) is 16.3. The normalized spacial score (nSPS) is 11.5. The van der Waals surface area contributed by atoms with Crippen molar-refractivity contribution in [2.75, 3.05) is 17.7 Å². The van der Waals surface area contributed by atoms with E-state index in [9.17, 15) is 18.0 Å². The standard InChI is InChI=1S/C12H11F3N4OS2/c1-3-21-7-5-4-6-16-8(7)9(20)19(2)11-18-17-10(22-11)12(13,14)15/h4-6H,3H2,1-2H3. The molecule has 0 radical (unpaired) electrons. The number of aromatic nitrogens is 3. The van der Waals surface area contributed by atoms with E-state index in [1.807, 2.05) is 6.92 Å². The lowest BCUT2D eigenvalue weighted by atomic mass is 10.3. The maximum absolute atomic E-state index is 12.5. The van der Waals surface area contributed by atoms with Crippen LogP contribution in [0.3, 0.4) is 0 Å². The Bertz CT molecular complexity index is 674. The molecular formula is C12H11F3N4OS2. The molecule has 22 heavy (non-hydrogen) atoms. The fourth-order valence-electron chi connectivity index (χ4n) is 1.53. The first-order valence-corrected chi connectivity index (χ1v) is 7.91. The SMILES string of the molecule is CCSc1cccnc1C(=O)N(C)c1nnc(C(F)(F)F)s1. The second-order valence-electron chi connectivity index (χ2n) is 4.03. The third-order valence-electron chi connectivity index (χ3n) is 2.52. The molecular weight excluding hydrogens is 337 g/mol. The Hall–Kier alpha value is -1.68. The third kappa shape index (κ3) is 3.55. The minimum absolute atomic E-state index is 0.129. The van der Waals surface area contributed by atoms with Crippen LogP contribution in [0.4, 0.5) is 18.3 Å². The summed E-state index contributed by atoms with van der Waals surface area (Å²) in [5, 5.41) is 5.27. The highest BCUT2D eigenvalue weighted by Crippen LogP contribution is 2.34. The van der Waals surface area contributed by atoms with Gasteiger partial charge in [0.25, 0.3) is 5.91 Å². The van der Waals surface area contributed by atoms with Crippen LogP contribution in [-0.4, -0.2) is 33.9 Å². The molecule has 0 saturated heterocycles. The van der Waals surface area contributed by atoms with Gasteiger partial charge in [-0.3, -0.25) is 9.69 Å². The van der Waals surface area contributed by atoms with Crippen molar-refractivity contribution in [2.45, 2.75) is 18.0 Å². The number of alkyl halides is 3. The zero-order valence-corrected chi connectivity index (χ0v) is 13.2. The number of anilines is 1. The molecule has 0 saturated carbocycles. The van der Waals surface area contributed by atoms with E-state index in [4.69, 9.17) is 0 Å². The van der Waals surface area contributed by atoms with Gasteiger partial charge in [-0.05, 0) is 17.9 Å². The number of halogens is 3. The van der Waals surface area contributed by atoms with E-state index in [0.29, 0.717) is 16.2 Å². The third-order valence-corrected chi connectivity index (χ3v) is 4.50. The van der Waals surface area contributed by atoms with Crippen molar-refractivity contribution in [1.82, 2.24) is 15.2 Å². The topological polar surface area (TPSA) is 59.0 Å². The minimum atomic E-state index is -4.58. The van der Waals surface area contributed by atoms with Gasteiger partial charge in [0.15, 0.2) is 0 Å². The number of amides is 1. The number of rotatable bonds is 4. The van der Waals surface area contributed by atoms with Gasteiger partial charge >= 0.3 is 6.18 Å². The van der Waals surface area contributed by atoms with Gasteiger partial charge in [0.1, 0.15) is 5.69 Å². The van der Waals surface area contributed by atoms with Crippen LogP contribution in [0.2, 0.25) is 0 Å². The van der Waals surface area contributed by atoms with E-state index in [2.05, 4.69) is 15.2 Å². The molecule has 0 atom stereocenters. The van der Waals surface area contributed by atoms with E-state index in [1.54, 1.807) is 12.1 Å². The monoisotopic (exact) mass is 348 g/mol. The van der Waals surface area contributed by atoms with E-state index in [1.165, 1.54) is 25.0 Å². The number of hydrogen-bond acceptors (Lipinski definition) is 6. The maximum Gasteiger partial charge on any atom is 0.445 e. The summed E-state index contributed by atoms with van der Waals surface area (Å²) in [5.74, 6) is 0.216. The summed E-state index contributed by atoms with van der Waals surface area (Å²) in [7, 11) is 1.35. The van der Waals surface area contributed by atoms with Gasteiger partial charge in [-0.15, -0.1) is 22.0 Å². The molecule has 2 aromatic rings. The smallest absolute Gasteiger partial charge is 0.284 e. The van der Waals surface area contributed by atoms with Crippen LogP contribution in [0.25, 0.3) is 0 Å². The molecule has 0 aliphatic rings. The van der Waals surface area contributed by atoms with Crippen LogP contribution in [0.5, 0.6) is 0 Å². The first kappa shape index (κ1) is 16.7. The quantitative estimate of drug-likeness (QED) is 0.793. The average molecular weight is 348 g/mol. The Balaban J connectivity index is 2.28. The molecule has 5 nitrogen and oxygen atoms in total. The van der Waals surface area contributed by atoms with Crippen molar-refractivity contribution in [1.29, 1.82) is 0 Å². The fraction of sp³-hybridized carbons (Fsp3) is 0.333. The van der Waals surface area contributed by atoms with Crippen molar-refractivity contribution < 1.29 is 18.0 Å². The molecule has 0 bridgehead atoms. The Morgan fingerprint density at radius 3 is 2.73 bits per heavy atom. The summed E-state index contributed by atoms with van der Waals surface area (Å²) in [6.07, 6.45) is -3.12. The summed E-state index contributed by atoms with van der Waals surface area (Å²) in [6, 6.07) is 3.44. The molecule has 0 spiro atoms. The highest BCUT2D eigenvalue weighted by molar-refractivity contribution is 7.99. The van der Waals surface area contributed by atoms with Gasteiger partial charge in [-0.2, -0.15) is 13.2 Å². The molecule has 1 amide bonds. The average Bonchev–Trinajstić information content (AvgIpc) is 2.96. The van der Waals surface area contributed by atoms with Crippen LogP contribution in [-0.2, 0) is 6.18 Å². The number of carbonyl (C=O) groups is 1. The number of thioether (sulfide) groups is 1. The van der Waals surface area contributed by atoms with E-state index >= 15 is 0 Å². The second kappa shape index (κ2) is 6.61. The number of nitrogens with zero attached hydrogens (tertiary/aromatic N) is 4. The number of hydrogen-bond donors (Lipinski definition) is 0. The van der Waals surface area contributed by atoms with Crippen LogP contribution < -0.4 is 4.90 Å². The summed E-state index contributed by atoms with van der Waals surface area (Å²) < 4.78 is 37.6. The van der Waals surface area contributed by atoms with Crippen molar-refractivity contribution in [3.8, 4) is 0 Å². The molecule has 0 fully saturated rings. The van der Waals surface area contributed by atoms with E-state index in [-0.39, 0.29) is 10.8 Å². The Morgan fingerprint density at radius 1 is 1.41 bits per heavy atom. The Labute approximate surface area is 132 Å². The molecule has 2 heterocycles. The lowest BCUT2D eigenvalue weighted by molar-refractivity contribution is -0.138. The highest BCUT2D eigenvalue weighted by atomic mass is 32.2. The van der Waals surface area contributed by atoms with Crippen molar-refractivity contribution in [3.63, 3.8) is 0 Å². The van der Waals surface area contributed by atoms with Crippen molar-refractivity contribution >= 4 is 34.1 Å². The molecule has 2 rings (SSSR count). The van der Waals surface area contributed by atoms with Crippen LogP contribution in [0.1, 0.15) is 22.4 Å². The van der Waals surface area contributed by atoms with Crippen LogP contribution in [0.15, 0.2) is 23.2 Å². The Morgan fingerprint density at radius 2 is 2.14 bits per heavy atom. The maximum atomic E-state index is 12.5. The van der Waals surface area contributed by atoms with E-state index in [0.717, 1.165) is 10.7 Å². The summed E-state index contributed by atoms with van der Waals surface area (Å²) >= 11 is 1.74. The van der Waals surface area contributed by atoms with Gasteiger partial charge in [0, 0.05) is 18.1 Å². The Kier molecular flexibility index (Phi) is 5.01. The zero-order valence-electron chi connectivity index (χ0n) is 11.6. The number of pyridine rings is 1. The molecule has 0 aliphatic carbocycles. The van der Waals surface area contributed by atoms with Gasteiger partial charge < -0.3 is 0 Å².